The van der Waals surface area contributed by atoms with Crippen LogP contribution in [0.5, 0.6) is 0 Å². The minimum absolute atomic E-state index is 0.391. The average Bonchev–Trinajstić information content (AvgIpc) is 3.39. The fourth-order valence-electron chi connectivity index (χ4n) is 10.2. The largest absolute Gasteiger partial charge is 0.422 e. The van der Waals surface area contributed by atoms with Crippen molar-refractivity contribution in [3.8, 4) is 44.6 Å². The molecule has 0 spiro atoms. The van der Waals surface area contributed by atoms with Gasteiger partial charge in [-0.2, -0.15) is 0 Å². The fourth-order valence-corrected chi connectivity index (χ4v) is 10.2. The molecule has 0 amide bonds. The second-order valence-electron chi connectivity index (χ2n) is 18.4. The lowest BCUT2D eigenvalue weighted by atomic mass is 9.88. The van der Waals surface area contributed by atoms with Crippen LogP contribution in [0.2, 0.25) is 0 Å². The summed E-state index contributed by atoms with van der Waals surface area (Å²) in [7, 11) is 0. The van der Waals surface area contributed by atoms with E-state index in [0.29, 0.717) is 58.7 Å². The highest BCUT2D eigenvalue weighted by Gasteiger charge is 2.18. The van der Waals surface area contributed by atoms with Crippen LogP contribution in [0, 0.1) is 13.8 Å². The summed E-state index contributed by atoms with van der Waals surface area (Å²) in [6.07, 6.45) is 8.54. The predicted molar refractivity (Wildman–Crippen MR) is 283 cm³/mol. The molecule has 7 nitrogen and oxygen atoms in total. The van der Waals surface area contributed by atoms with Crippen LogP contribution in [0.3, 0.4) is 0 Å². The van der Waals surface area contributed by atoms with Crippen LogP contribution >= 0.6 is 0 Å². The van der Waals surface area contributed by atoms with Gasteiger partial charge in [-0.25, -0.2) is 9.59 Å². The molecule has 0 bridgehead atoms. The Kier molecular flexibility index (Phi) is 10.7. The Morgan fingerprint density at radius 1 is 0.357 bits per heavy atom. The van der Waals surface area contributed by atoms with E-state index in [1.807, 2.05) is 67.1 Å². The first-order valence-corrected chi connectivity index (χ1v) is 23.7. The Morgan fingerprint density at radius 3 is 1.51 bits per heavy atom. The van der Waals surface area contributed by atoms with E-state index >= 15 is 0 Å². The third-order valence-electron chi connectivity index (χ3n) is 13.5. The molecule has 336 valence electrons. The number of aromatic nitrogens is 3. The number of fused-ring (bicyclic) bond motifs is 7. The van der Waals surface area contributed by atoms with Crippen LogP contribution in [-0.2, 0) is 25.7 Å². The zero-order valence-corrected chi connectivity index (χ0v) is 38.7. The van der Waals surface area contributed by atoms with Crippen molar-refractivity contribution in [3.05, 3.63) is 243 Å². The predicted octanol–water partition coefficient (Wildman–Crippen LogP) is 14.4. The number of nitrogens with zero attached hydrogens (tertiary/aromatic N) is 3. The summed E-state index contributed by atoms with van der Waals surface area (Å²) in [5.74, 6) is 0. The van der Waals surface area contributed by atoms with Gasteiger partial charge in [-0.05, 0) is 150 Å². The van der Waals surface area contributed by atoms with Gasteiger partial charge in [0.25, 0.3) is 0 Å². The Morgan fingerprint density at radius 2 is 0.900 bits per heavy atom. The summed E-state index contributed by atoms with van der Waals surface area (Å²) >= 11 is 0. The number of hydrogen-bond donors (Lipinski definition) is 0. The molecular weight excluding hydrogens is 863 g/mol. The van der Waals surface area contributed by atoms with Gasteiger partial charge in [-0.15, -0.1) is 0 Å². The molecule has 0 fully saturated rings. The molecule has 0 unspecified atom stereocenters. The fraction of sp³-hybridized carbons (Fsp3) is 0.0952. The van der Waals surface area contributed by atoms with Crippen molar-refractivity contribution < 1.29 is 8.83 Å². The third kappa shape index (κ3) is 8.01. The maximum Gasteiger partial charge on any atom is 0.345 e. The van der Waals surface area contributed by atoms with E-state index in [2.05, 4.69) is 123 Å². The Bertz CT molecular complexity index is 3980. The van der Waals surface area contributed by atoms with E-state index < -0.39 is 11.3 Å². The minimum atomic E-state index is -0.391. The lowest BCUT2D eigenvalue weighted by Crippen LogP contribution is -2.04. The normalized spacial score (nSPS) is 11.6. The number of rotatable bonds is 10. The Hall–Kier alpha value is -8.81. The van der Waals surface area contributed by atoms with Crippen molar-refractivity contribution in [2.24, 2.45) is 0 Å². The molecule has 7 heteroatoms. The molecule has 12 rings (SSSR count). The van der Waals surface area contributed by atoms with Gasteiger partial charge in [-0.3, -0.25) is 15.0 Å². The highest BCUT2D eigenvalue weighted by Crippen LogP contribution is 2.41. The summed E-state index contributed by atoms with van der Waals surface area (Å²) < 4.78 is 11.4. The van der Waals surface area contributed by atoms with Crippen LogP contribution in [0.25, 0.3) is 99.2 Å². The van der Waals surface area contributed by atoms with Crippen molar-refractivity contribution in [1.29, 1.82) is 0 Å². The standard InChI is InChI=1S/C63H45N3O4/c1-38-26-39(2)28-47(27-38)59-50-25-24-45(44-12-4-3-5-13-44)34-53(50)56(37-66-59)49-15-7-6-14-48(49)46-30-40(20-22-42-32-54-60(64-35-42)51-16-8-10-18-57(51)69-62(54)67)29-41(31-46)21-23-43-33-55-61(65-36-43)52-17-9-11-19-58(52)70-63(55)68/h3-19,24-37H,20-23H2,1-2H3. The molecule has 0 N–H and O–H groups in total. The van der Waals surface area contributed by atoms with Crippen LogP contribution in [0.15, 0.2) is 207 Å². The van der Waals surface area contributed by atoms with Crippen molar-refractivity contribution in [1.82, 2.24) is 15.0 Å². The first-order valence-electron chi connectivity index (χ1n) is 23.7. The highest BCUT2D eigenvalue weighted by atomic mass is 16.4. The zero-order chi connectivity index (χ0) is 47.3. The molecule has 0 atom stereocenters. The average molecular weight is 908 g/mol. The number of aryl methyl sites for hydroxylation is 6. The van der Waals surface area contributed by atoms with Gasteiger partial charge in [0.2, 0.25) is 0 Å². The van der Waals surface area contributed by atoms with Gasteiger partial charge in [0.15, 0.2) is 0 Å². The molecule has 5 heterocycles. The minimum Gasteiger partial charge on any atom is -0.422 e. The molecule has 7 aromatic carbocycles. The summed E-state index contributed by atoms with van der Waals surface area (Å²) in [6, 6.07) is 58.3. The Labute approximate surface area is 403 Å². The third-order valence-corrected chi connectivity index (χ3v) is 13.5. The second-order valence-corrected chi connectivity index (χ2v) is 18.4. The monoisotopic (exact) mass is 907 g/mol. The summed E-state index contributed by atoms with van der Waals surface area (Å²) in [6.45, 7) is 4.27. The molecule has 0 aliphatic heterocycles. The van der Waals surface area contributed by atoms with Gasteiger partial charge in [-0.1, -0.05) is 126 Å². The number of pyridine rings is 3. The number of hydrogen-bond acceptors (Lipinski definition) is 7. The molecule has 12 aromatic rings. The van der Waals surface area contributed by atoms with Gasteiger partial charge >= 0.3 is 11.3 Å². The summed E-state index contributed by atoms with van der Waals surface area (Å²) in [5, 5.41) is 4.79. The molecule has 0 saturated heterocycles. The molecule has 0 aliphatic rings. The topological polar surface area (TPSA) is 99.1 Å². The van der Waals surface area contributed by atoms with Gasteiger partial charge < -0.3 is 8.83 Å². The maximum absolute atomic E-state index is 13.2. The lowest BCUT2D eigenvalue weighted by Gasteiger charge is -2.17. The Balaban J connectivity index is 0.965. The molecular formula is C63H45N3O4. The first kappa shape index (κ1) is 42.5. The number of benzene rings is 7. The van der Waals surface area contributed by atoms with Crippen LogP contribution in [-0.4, -0.2) is 15.0 Å². The van der Waals surface area contributed by atoms with Gasteiger partial charge in [0, 0.05) is 45.9 Å². The smallest absolute Gasteiger partial charge is 0.345 e. The first-order chi connectivity index (χ1) is 34.3. The molecule has 5 aromatic heterocycles. The molecule has 0 saturated carbocycles. The van der Waals surface area contributed by atoms with Crippen molar-refractivity contribution in [3.63, 3.8) is 0 Å². The molecule has 70 heavy (non-hydrogen) atoms. The van der Waals surface area contributed by atoms with E-state index in [1.54, 1.807) is 12.1 Å². The van der Waals surface area contributed by atoms with Crippen LogP contribution in [0.4, 0.5) is 0 Å². The van der Waals surface area contributed by atoms with Crippen molar-refractivity contribution in [2.75, 3.05) is 0 Å². The second kappa shape index (κ2) is 17.7. The zero-order valence-electron chi connectivity index (χ0n) is 38.7. The highest BCUT2D eigenvalue weighted by molar-refractivity contribution is 6.07. The van der Waals surface area contributed by atoms with E-state index in [0.717, 1.165) is 88.4 Å². The van der Waals surface area contributed by atoms with Gasteiger partial charge in [0.05, 0.1) is 27.5 Å². The van der Waals surface area contributed by atoms with Crippen LogP contribution < -0.4 is 11.3 Å². The lowest BCUT2D eigenvalue weighted by molar-refractivity contribution is 0.569. The van der Waals surface area contributed by atoms with E-state index in [9.17, 15) is 9.59 Å². The van der Waals surface area contributed by atoms with Crippen LogP contribution in [0.1, 0.15) is 33.4 Å². The molecule has 0 radical (unpaired) electrons. The summed E-state index contributed by atoms with van der Waals surface area (Å²) in [5.41, 5.74) is 16.8. The van der Waals surface area contributed by atoms with Gasteiger partial charge in [0.1, 0.15) is 11.2 Å². The van der Waals surface area contributed by atoms with E-state index in [4.69, 9.17) is 23.8 Å². The van der Waals surface area contributed by atoms with E-state index in [-0.39, 0.29) is 0 Å². The van der Waals surface area contributed by atoms with E-state index in [1.165, 1.54) is 11.1 Å². The molecule has 0 aliphatic carbocycles. The SMILES string of the molecule is Cc1cc(C)cc(-c2ncc(-c3ccccc3-c3cc(CCc4cnc5c(c4)c(=O)oc4ccccc45)cc(CCc4cnc5c(c4)c(=O)oc4ccccc45)c3)c3cc(-c4ccccc4)ccc23)c1. The summed E-state index contributed by atoms with van der Waals surface area (Å²) in [4.78, 5) is 41.3. The van der Waals surface area contributed by atoms with Crippen molar-refractivity contribution >= 4 is 54.5 Å². The number of para-hydroxylation sites is 2. The quantitative estimate of drug-likeness (QED) is 0.0995. The van der Waals surface area contributed by atoms with Crippen molar-refractivity contribution in [2.45, 2.75) is 39.5 Å². The maximum atomic E-state index is 13.2.